The molecule has 8 heteroatoms. The number of hydrogen-bond acceptors (Lipinski definition) is 7. The lowest BCUT2D eigenvalue weighted by Gasteiger charge is -2.15. The maximum absolute atomic E-state index is 11.9. The summed E-state index contributed by atoms with van der Waals surface area (Å²) in [6.45, 7) is 7.65. The van der Waals surface area contributed by atoms with E-state index in [-0.39, 0.29) is 5.91 Å². The first-order valence-corrected chi connectivity index (χ1v) is 8.40. The molecule has 2 heterocycles. The number of carbonyl (C=O) groups is 1. The van der Waals surface area contributed by atoms with Gasteiger partial charge in [0.2, 0.25) is 11.8 Å². The van der Waals surface area contributed by atoms with Gasteiger partial charge in [-0.25, -0.2) is 4.98 Å². The predicted molar refractivity (Wildman–Crippen MR) is 89.5 cm³/mol. The minimum atomic E-state index is -0.447. The molecule has 0 aliphatic carbocycles. The molecule has 23 heavy (non-hydrogen) atoms. The van der Waals surface area contributed by atoms with Gasteiger partial charge >= 0.3 is 0 Å². The largest absolute Gasteiger partial charge is 0.339 e. The molecule has 0 aliphatic rings. The Morgan fingerprint density at radius 3 is 2.78 bits per heavy atom. The van der Waals surface area contributed by atoms with Gasteiger partial charge < -0.3 is 15.2 Å². The molecule has 1 amide bonds. The van der Waals surface area contributed by atoms with Crippen LogP contribution in [-0.4, -0.2) is 34.1 Å². The summed E-state index contributed by atoms with van der Waals surface area (Å²) >= 11 is 1.39. The van der Waals surface area contributed by atoms with Crippen molar-refractivity contribution in [3.63, 3.8) is 0 Å². The van der Waals surface area contributed by atoms with Gasteiger partial charge in [0.1, 0.15) is 0 Å². The van der Waals surface area contributed by atoms with Gasteiger partial charge in [0.15, 0.2) is 11.0 Å². The van der Waals surface area contributed by atoms with Crippen LogP contribution in [0.3, 0.4) is 0 Å². The number of aromatic nitrogens is 3. The molecule has 0 aliphatic heterocycles. The fourth-order valence-electron chi connectivity index (χ4n) is 1.71. The van der Waals surface area contributed by atoms with Crippen LogP contribution in [0.25, 0.3) is 0 Å². The molecule has 0 saturated carbocycles. The zero-order chi connectivity index (χ0) is 17.0. The Hall–Kier alpha value is -1.80. The molecule has 2 aromatic rings. The van der Waals surface area contributed by atoms with Crippen molar-refractivity contribution in [3.05, 3.63) is 22.8 Å². The molecule has 2 aromatic heterocycles. The minimum Gasteiger partial charge on any atom is -0.339 e. The van der Waals surface area contributed by atoms with E-state index in [4.69, 9.17) is 4.52 Å². The van der Waals surface area contributed by atoms with E-state index in [0.29, 0.717) is 35.7 Å². The quantitative estimate of drug-likeness (QED) is 0.840. The number of nitrogens with one attached hydrogen (secondary N) is 2. The van der Waals surface area contributed by atoms with Gasteiger partial charge in [-0.15, -0.1) is 11.3 Å². The fourth-order valence-corrected chi connectivity index (χ4v) is 2.41. The zero-order valence-corrected chi connectivity index (χ0v) is 15.0. The highest BCUT2D eigenvalue weighted by Crippen LogP contribution is 2.21. The average Bonchev–Trinajstić information content (AvgIpc) is 3.08. The van der Waals surface area contributed by atoms with Crippen LogP contribution in [0.4, 0.5) is 5.13 Å². The Balaban J connectivity index is 1.95. The van der Waals surface area contributed by atoms with Crippen molar-refractivity contribution in [1.29, 1.82) is 0 Å². The number of rotatable bonds is 6. The Morgan fingerprint density at radius 1 is 1.39 bits per heavy atom. The highest BCUT2D eigenvalue weighted by atomic mass is 32.1. The van der Waals surface area contributed by atoms with E-state index in [1.54, 1.807) is 0 Å². The molecule has 126 valence electrons. The molecule has 0 saturated heterocycles. The van der Waals surface area contributed by atoms with E-state index < -0.39 is 5.41 Å². The summed E-state index contributed by atoms with van der Waals surface area (Å²) in [4.78, 5) is 20.7. The van der Waals surface area contributed by atoms with Crippen molar-refractivity contribution in [2.75, 3.05) is 12.4 Å². The van der Waals surface area contributed by atoms with Gasteiger partial charge in [-0.05, 0) is 14.0 Å². The molecule has 0 aromatic carbocycles. The molecule has 0 fully saturated rings. The lowest BCUT2D eigenvalue weighted by atomic mass is 9.96. The number of amides is 1. The first-order valence-electron chi connectivity index (χ1n) is 7.52. The van der Waals surface area contributed by atoms with Gasteiger partial charge in [-0.1, -0.05) is 25.9 Å². The monoisotopic (exact) mass is 337 g/mol. The third-order valence-electron chi connectivity index (χ3n) is 3.28. The number of thiazole rings is 1. The molecule has 0 bridgehead atoms. The third kappa shape index (κ3) is 5.11. The highest BCUT2D eigenvalue weighted by molar-refractivity contribution is 7.13. The van der Waals surface area contributed by atoms with Crippen molar-refractivity contribution >= 4 is 22.4 Å². The number of nitrogens with zero attached hydrogens (tertiary/aromatic N) is 3. The highest BCUT2D eigenvalue weighted by Gasteiger charge is 2.22. The maximum atomic E-state index is 11.9. The smallest absolute Gasteiger partial charge is 0.232 e. The van der Waals surface area contributed by atoms with Crippen LogP contribution >= 0.6 is 11.3 Å². The Bertz CT molecular complexity index is 659. The van der Waals surface area contributed by atoms with Crippen molar-refractivity contribution in [2.24, 2.45) is 5.41 Å². The molecule has 1 unspecified atom stereocenters. The molecule has 2 N–H and O–H groups in total. The van der Waals surface area contributed by atoms with Crippen LogP contribution < -0.4 is 10.6 Å². The summed E-state index contributed by atoms with van der Waals surface area (Å²) < 4.78 is 5.25. The first kappa shape index (κ1) is 17.6. The first-order chi connectivity index (χ1) is 10.8. The summed E-state index contributed by atoms with van der Waals surface area (Å²) in [7, 11) is 1.90. The van der Waals surface area contributed by atoms with Gasteiger partial charge in [0, 0.05) is 23.3 Å². The summed E-state index contributed by atoms with van der Waals surface area (Å²) in [5.74, 6) is 1.15. The molecule has 0 radical (unpaired) electrons. The van der Waals surface area contributed by atoms with E-state index in [1.165, 1.54) is 11.3 Å². The van der Waals surface area contributed by atoms with Gasteiger partial charge in [0.25, 0.3) is 0 Å². The average molecular weight is 337 g/mol. The van der Waals surface area contributed by atoms with Gasteiger partial charge in [-0.3, -0.25) is 4.79 Å². The normalized spacial score (nSPS) is 13.1. The van der Waals surface area contributed by atoms with Gasteiger partial charge in [-0.2, -0.15) is 4.98 Å². The topological polar surface area (TPSA) is 92.9 Å². The Kier molecular flexibility index (Phi) is 5.48. The molecule has 0 spiro atoms. The maximum Gasteiger partial charge on any atom is 0.232 e. The summed E-state index contributed by atoms with van der Waals surface area (Å²) in [6, 6.07) is 0.291. The summed E-state index contributed by atoms with van der Waals surface area (Å²) in [6.07, 6.45) is 1.17. The molecule has 1 atom stereocenters. The molecular formula is C15H23N5O2S. The van der Waals surface area contributed by atoms with Crippen LogP contribution in [-0.2, 0) is 17.6 Å². The predicted octanol–water partition coefficient (Wildman–Crippen LogP) is 2.25. The van der Waals surface area contributed by atoms with E-state index in [9.17, 15) is 4.79 Å². The molecular weight excluding hydrogens is 314 g/mol. The summed E-state index contributed by atoms with van der Waals surface area (Å²) in [5, 5.41) is 12.4. The van der Waals surface area contributed by atoms with Crippen molar-refractivity contribution in [1.82, 2.24) is 20.4 Å². The van der Waals surface area contributed by atoms with E-state index in [2.05, 4.69) is 32.7 Å². The van der Waals surface area contributed by atoms with Crippen molar-refractivity contribution in [3.8, 4) is 0 Å². The van der Waals surface area contributed by atoms with Crippen LogP contribution in [0.2, 0.25) is 0 Å². The van der Waals surface area contributed by atoms with Crippen LogP contribution in [0, 0.1) is 5.41 Å². The third-order valence-corrected chi connectivity index (χ3v) is 4.08. The fraction of sp³-hybridized carbons (Fsp3) is 0.600. The number of anilines is 1. The van der Waals surface area contributed by atoms with E-state index in [1.807, 2.05) is 33.2 Å². The van der Waals surface area contributed by atoms with Gasteiger partial charge in [0.05, 0.1) is 12.1 Å². The second-order valence-corrected chi connectivity index (χ2v) is 7.38. The summed E-state index contributed by atoms with van der Waals surface area (Å²) in [5.41, 5.74) is 0.355. The SMILES string of the molecule is CNC(C)Cc1noc(Cc2csc(NC(=O)C(C)(C)C)n2)n1. The lowest BCUT2D eigenvalue weighted by Crippen LogP contribution is -2.27. The molecule has 2 rings (SSSR count). The van der Waals surface area contributed by atoms with Crippen LogP contribution in [0.1, 0.15) is 45.1 Å². The zero-order valence-electron chi connectivity index (χ0n) is 14.1. The Morgan fingerprint density at radius 2 is 2.13 bits per heavy atom. The van der Waals surface area contributed by atoms with Crippen molar-refractivity contribution in [2.45, 2.75) is 46.6 Å². The molecule has 7 nitrogen and oxygen atoms in total. The standard InChI is InChI=1S/C15H23N5O2S/c1-9(16-5)6-11-18-12(22-20-11)7-10-8-23-14(17-10)19-13(21)15(2,3)4/h8-9,16H,6-7H2,1-5H3,(H,17,19,21). The van der Waals surface area contributed by atoms with E-state index in [0.717, 1.165) is 5.69 Å². The second kappa shape index (κ2) is 7.18. The minimum absolute atomic E-state index is 0.0560. The Labute approximate surface area is 139 Å². The van der Waals surface area contributed by atoms with E-state index >= 15 is 0 Å². The number of carbonyl (C=O) groups excluding carboxylic acids is 1. The number of hydrogen-bond donors (Lipinski definition) is 2. The number of likely N-dealkylation sites (N-methyl/N-ethyl adjacent to an activating group) is 1. The van der Waals surface area contributed by atoms with Crippen LogP contribution in [0.5, 0.6) is 0 Å². The van der Waals surface area contributed by atoms with Crippen molar-refractivity contribution < 1.29 is 9.32 Å². The lowest BCUT2D eigenvalue weighted by molar-refractivity contribution is -0.123. The van der Waals surface area contributed by atoms with Crippen LogP contribution in [0.15, 0.2) is 9.90 Å². The second-order valence-electron chi connectivity index (χ2n) is 6.52.